The van der Waals surface area contributed by atoms with Gasteiger partial charge < -0.3 is 24.6 Å². The van der Waals surface area contributed by atoms with Crippen molar-refractivity contribution in [2.24, 2.45) is 5.92 Å². The molecule has 2 fully saturated rings. The number of nitrogens with zero attached hydrogens (tertiary/aromatic N) is 3. The van der Waals surface area contributed by atoms with Crippen molar-refractivity contribution in [1.82, 2.24) is 10.2 Å². The maximum Gasteiger partial charge on any atom is 0.416 e. The highest BCUT2D eigenvalue weighted by Crippen LogP contribution is 2.31. The maximum absolute atomic E-state index is 15.1. The molecule has 3 atom stereocenters. The first kappa shape index (κ1) is 25.4. The van der Waals surface area contributed by atoms with E-state index < -0.39 is 18.1 Å². The van der Waals surface area contributed by atoms with E-state index in [4.69, 9.17) is 9.47 Å². The van der Waals surface area contributed by atoms with Crippen LogP contribution in [0.2, 0.25) is 0 Å². The van der Waals surface area contributed by atoms with Crippen LogP contribution < -0.4 is 15.1 Å². The number of hydrogen-bond donors (Lipinski definition) is 1. The van der Waals surface area contributed by atoms with E-state index in [9.17, 15) is 14.4 Å². The second-order valence-corrected chi connectivity index (χ2v) is 9.25. The van der Waals surface area contributed by atoms with Gasteiger partial charge in [-0.25, -0.2) is 9.18 Å². The quantitative estimate of drug-likeness (QED) is 0.602. The van der Waals surface area contributed by atoms with E-state index in [1.165, 1.54) is 22.8 Å². The van der Waals surface area contributed by atoms with E-state index in [0.717, 1.165) is 5.56 Å². The molecule has 0 bridgehead atoms. The minimum absolute atomic E-state index is 0.0487. The average Bonchev–Trinajstić information content (AvgIpc) is 3.41. The van der Waals surface area contributed by atoms with Crippen LogP contribution in [0.25, 0.3) is 0 Å². The highest BCUT2D eigenvalue weighted by Gasteiger charge is 2.37. The summed E-state index contributed by atoms with van der Waals surface area (Å²) >= 11 is 0. The summed E-state index contributed by atoms with van der Waals surface area (Å²) in [6, 6.07) is 14.1. The first-order chi connectivity index (χ1) is 17.2. The van der Waals surface area contributed by atoms with Crippen molar-refractivity contribution < 1.29 is 28.2 Å². The van der Waals surface area contributed by atoms with Crippen LogP contribution in [0.3, 0.4) is 0 Å². The third-order valence-corrected chi connectivity index (χ3v) is 6.61. The van der Waals surface area contributed by atoms with Gasteiger partial charge in [0.2, 0.25) is 11.8 Å². The molecule has 1 N–H and O–H groups in total. The minimum Gasteiger partial charge on any atom is -0.423 e. The zero-order chi connectivity index (χ0) is 25.8. The molecule has 10 heteroatoms. The van der Waals surface area contributed by atoms with Crippen molar-refractivity contribution in [3.05, 3.63) is 59.9 Å². The number of halogens is 1. The summed E-state index contributed by atoms with van der Waals surface area (Å²) in [6.45, 7) is 4.85. The van der Waals surface area contributed by atoms with Crippen LogP contribution in [-0.2, 0) is 25.7 Å². The lowest BCUT2D eigenvalue weighted by molar-refractivity contribution is -0.134. The lowest BCUT2D eigenvalue weighted by atomic mass is 10.1. The van der Waals surface area contributed by atoms with Gasteiger partial charge in [0, 0.05) is 27.1 Å². The topological polar surface area (TPSA) is 91.4 Å². The number of amides is 3. The number of nitrogens with one attached hydrogen (secondary N) is 1. The molecule has 0 aliphatic carbocycles. The summed E-state index contributed by atoms with van der Waals surface area (Å²) < 4.78 is 25.9. The number of likely N-dealkylation sites (N-methyl/N-ethyl adjacent to an activating group) is 1. The molecule has 2 saturated heterocycles. The lowest BCUT2D eigenvalue weighted by Gasteiger charge is -2.22. The van der Waals surface area contributed by atoms with Gasteiger partial charge >= 0.3 is 6.09 Å². The van der Waals surface area contributed by atoms with E-state index in [2.05, 4.69) is 5.32 Å². The van der Waals surface area contributed by atoms with Crippen molar-refractivity contribution in [1.29, 1.82) is 0 Å². The van der Waals surface area contributed by atoms with Crippen LogP contribution in [-0.4, -0.2) is 68.4 Å². The standard InChI is InChI=1S/C26H31FN4O5/c1-17-12-30(13-22(17)28-24(33)16-35-15-19-7-5-4-6-8-19)23-10-9-20(11-21(23)27)31-14-25(36-26(31)34)29(3)18(2)32/h4-11,17,22,25H,12-16H2,1-3H3,(H,28,33)/t17-,22+,25?/m0/s1. The third kappa shape index (κ3) is 5.76. The zero-order valence-electron chi connectivity index (χ0n) is 20.6. The summed E-state index contributed by atoms with van der Waals surface area (Å²) in [6.07, 6.45) is -1.36. The average molecular weight is 499 g/mol. The number of rotatable bonds is 8. The van der Waals surface area contributed by atoms with Crippen LogP contribution in [0.1, 0.15) is 19.4 Å². The van der Waals surface area contributed by atoms with Crippen molar-refractivity contribution in [2.75, 3.05) is 43.1 Å². The number of carbonyl (C=O) groups is 3. The number of anilines is 2. The van der Waals surface area contributed by atoms with Gasteiger partial charge in [-0.05, 0) is 29.7 Å². The minimum atomic E-state index is -0.724. The van der Waals surface area contributed by atoms with Gasteiger partial charge in [0.25, 0.3) is 0 Å². The number of ether oxygens (including phenoxy) is 2. The fourth-order valence-corrected chi connectivity index (χ4v) is 4.42. The summed E-state index contributed by atoms with van der Waals surface area (Å²) in [7, 11) is 1.55. The number of hydrogen-bond acceptors (Lipinski definition) is 6. The predicted octanol–water partition coefficient (Wildman–Crippen LogP) is 2.74. The Morgan fingerprint density at radius 1 is 1.17 bits per heavy atom. The molecule has 3 amide bonds. The molecule has 9 nitrogen and oxygen atoms in total. The molecular weight excluding hydrogens is 467 g/mol. The Balaban J connectivity index is 1.32. The molecule has 4 rings (SSSR count). The summed E-state index contributed by atoms with van der Waals surface area (Å²) in [5, 5.41) is 2.99. The number of benzene rings is 2. The van der Waals surface area contributed by atoms with Crippen LogP contribution >= 0.6 is 0 Å². The van der Waals surface area contributed by atoms with E-state index in [1.54, 1.807) is 19.2 Å². The van der Waals surface area contributed by atoms with Crippen LogP contribution in [0.15, 0.2) is 48.5 Å². The number of cyclic esters (lactones) is 1. The smallest absolute Gasteiger partial charge is 0.416 e. The van der Waals surface area contributed by atoms with Gasteiger partial charge in [0.05, 0.1) is 30.6 Å². The fourth-order valence-electron chi connectivity index (χ4n) is 4.42. The monoisotopic (exact) mass is 498 g/mol. The first-order valence-electron chi connectivity index (χ1n) is 11.9. The molecule has 2 aliphatic heterocycles. The van der Waals surface area contributed by atoms with Crippen molar-refractivity contribution >= 4 is 29.3 Å². The third-order valence-electron chi connectivity index (χ3n) is 6.61. The van der Waals surface area contributed by atoms with Gasteiger partial charge in [0.15, 0.2) is 6.23 Å². The van der Waals surface area contributed by atoms with E-state index in [-0.39, 0.29) is 36.9 Å². The Hall–Kier alpha value is -3.66. The Bertz CT molecular complexity index is 1110. The second kappa shape index (κ2) is 10.9. The molecule has 36 heavy (non-hydrogen) atoms. The summed E-state index contributed by atoms with van der Waals surface area (Å²) in [4.78, 5) is 40.8. The van der Waals surface area contributed by atoms with Crippen LogP contribution in [0.5, 0.6) is 0 Å². The van der Waals surface area contributed by atoms with Crippen LogP contribution in [0, 0.1) is 11.7 Å². The molecule has 2 aliphatic rings. The number of carbonyl (C=O) groups excluding carboxylic acids is 3. The summed E-state index contributed by atoms with van der Waals surface area (Å²) in [5.74, 6) is -0.811. The van der Waals surface area contributed by atoms with E-state index in [1.807, 2.05) is 42.2 Å². The molecule has 1 unspecified atom stereocenters. The van der Waals surface area contributed by atoms with Crippen molar-refractivity contribution in [2.45, 2.75) is 32.7 Å². The largest absolute Gasteiger partial charge is 0.423 e. The fraction of sp³-hybridized carbons (Fsp3) is 0.423. The molecule has 0 saturated carbocycles. The summed E-state index contributed by atoms with van der Waals surface area (Å²) in [5.41, 5.74) is 1.74. The molecule has 0 aromatic heterocycles. The molecule has 0 spiro atoms. The Morgan fingerprint density at radius 2 is 1.92 bits per heavy atom. The highest BCUT2D eigenvalue weighted by atomic mass is 19.1. The van der Waals surface area contributed by atoms with Gasteiger partial charge in [-0.15, -0.1) is 0 Å². The zero-order valence-corrected chi connectivity index (χ0v) is 20.6. The van der Waals surface area contributed by atoms with Crippen molar-refractivity contribution in [3.63, 3.8) is 0 Å². The highest BCUT2D eigenvalue weighted by molar-refractivity contribution is 5.90. The van der Waals surface area contributed by atoms with Gasteiger partial charge in [0.1, 0.15) is 12.4 Å². The molecule has 2 aromatic rings. The van der Waals surface area contributed by atoms with Crippen LogP contribution in [0.4, 0.5) is 20.6 Å². The molecule has 2 aromatic carbocycles. The lowest BCUT2D eigenvalue weighted by Crippen LogP contribution is -2.41. The second-order valence-electron chi connectivity index (χ2n) is 9.25. The first-order valence-corrected chi connectivity index (χ1v) is 11.9. The molecule has 2 heterocycles. The molecular formula is C26H31FN4O5. The SMILES string of the molecule is CC(=O)N(C)C1CN(c2ccc(N3C[C@H](C)[C@H](NC(=O)COCc4ccccc4)C3)c(F)c2)C(=O)O1. The predicted molar refractivity (Wildman–Crippen MR) is 132 cm³/mol. The maximum atomic E-state index is 15.1. The van der Waals surface area contributed by atoms with Gasteiger partial charge in [-0.2, -0.15) is 0 Å². The van der Waals surface area contributed by atoms with Gasteiger partial charge in [-0.3, -0.25) is 14.5 Å². The van der Waals surface area contributed by atoms with E-state index >= 15 is 4.39 Å². The Kier molecular flexibility index (Phi) is 7.73. The Labute approximate surface area is 209 Å². The normalized spacial score (nSPS) is 21.4. The van der Waals surface area contributed by atoms with Gasteiger partial charge in [-0.1, -0.05) is 37.3 Å². The van der Waals surface area contributed by atoms with E-state index in [0.29, 0.717) is 31.1 Å². The molecule has 0 radical (unpaired) electrons. The Morgan fingerprint density at radius 3 is 2.61 bits per heavy atom. The molecule has 192 valence electrons. The van der Waals surface area contributed by atoms with Crippen molar-refractivity contribution in [3.8, 4) is 0 Å².